The molecule has 17 heavy (non-hydrogen) atoms. The van der Waals surface area contributed by atoms with Crippen molar-refractivity contribution in [3.8, 4) is 0 Å². The van der Waals surface area contributed by atoms with E-state index < -0.39 is 10.0 Å². The number of aryl methyl sites for hydroxylation is 1. The predicted molar refractivity (Wildman–Crippen MR) is 64.7 cm³/mol. The number of nitrogens with two attached hydrogens (primary N) is 1. The lowest BCUT2D eigenvalue weighted by atomic mass is 10.1. The van der Waals surface area contributed by atoms with Crippen LogP contribution in [0.1, 0.15) is 12.8 Å². The molecule has 0 amide bonds. The van der Waals surface area contributed by atoms with Crippen LogP contribution in [-0.4, -0.2) is 46.8 Å². The normalized spacial score (nSPS) is 19.7. The fourth-order valence-corrected chi connectivity index (χ4v) is 4.34. The molecule has 1 aliphatic rings. The average Bonchev–Trinajstić information content (AvgIpc) is 2.59. The Labute approximate surface area is 108 Å². The van der Waals surface area contributed by atoms with Gasteiger partial charge in [0.15, 0.2) is 4.60 Å². The van der Waals surface area contributed by atoms with Crippen LogP contribution in [0.2, 0.25) is 0 Å². The number of halogens is 1. The summed E-state index contributed by atoms with van der Waals surface area (Å²) in [5.74, 6) is 0. The van der Waals surface area contributed by atoms with Gasteiger partial charge in [-0.05, 0) is 28.8 Å². The zero-order valence-corrected chi connectivity index (χ0v) is 11.8. The maximum atomic E-state index is 12.4. The first-order valence-electron chi connectivity index (χ1n) is 5.24. The fraction of sp³-hybridized carbons (Fsp3) is 0.750. The van der Waals surface area contributed by atoms with Gasteiger partial charge < -0.3 is 5.73 Å². The molecule has 2 rings (SSSR count). The smallest absolute Gasteiger partial charge is 0.263 e. The molecule has 0 spiro atoms. The third kappa shape index (κ3) is 2.37. The first kappa shape index (κ1) is 12.9. The Kier molecular flexibility index (Phi) is 3.53. The summed E-state index contributed by atoms with van der Waals surface area (Å²) in [6, 6.07) is 0.0922. The summed E-state index contributed by atoms with van der Waals surface area (Å²) in [4.78, 5) is 0. The highest BCUT2D eigenvalue weighted by molar-refractivity contribution is 9.10. The third-order valence-electron chi connectivity index (χ3n) is 2.82. The molecule has 7 nitrogen and oxygen atoms in total. The van der Waals surface area contributed by atoms with Crippen LogP contribution in [0.5, 0.6) is 0 Å². The molecule has 2 N–H and O–H groups in total. The van der Waals surface area contributed by atoms with E-state index in [4.69, 9.17) is 5.73 Å². The minimum Gasteiger partial charge on any atom is -0.328 e. The van der Waals surface area contributed by atoms with Gasteiger partial charge >= 0.3 is 0 Å². The summed E-state index contributed by atoms with van der Waals surface area (Å²) in [7, 11) is -1.98. The van der Waals surface area contributed by atoms with Gasteiger partial charge in [-0.25, -0.2) is 13.1 Å². The molecule has 96 valence electrons. The van der Waals surface area contributed by atoms with Crippen LogP contribution in [0.3, 0.4) is 0 Å². The highest BCUT2D eigenvalue weighted by atomic mass is 79.9. The lowest BCUT2D eigenvalue weighted by Gasteiger charge is -2.28. The highest BCUT2D eigenvalue weighted by Crippen LogP contribution is 2.24. The predicted octanol–water partition coefficient (Wildman–Crippen LogP) is -0.311. The number of aromatic nitrogens is 3. The van der Waals surface area contributed by atoms with Gasteiger partial charge in [-0.15, -0.1) is 5.10 Å². The number of nitrogens with zero attached hydrogens (tertiary/aromatic N) is 4. The summed E-state index contributed by atoms with van der Waals surface area (Å²) >= 11 is 3.11. The second-order valence-corrected chi connectivity index (χ2v) is 6.65. The van der Waals surface area contributed by atoms with E-state index in [2.05, 4.69) is 26.2 Å². The Morgan fingerprint density at radius 1 is 1.41 bits per heavy atom. The van der Waals surface area contributed by atoms with Crippen LogP contribution in [0.25, 0.3) is 0 Å². The lowest BCUT2D eigenvalue weighted by molar-refractivity contribution is 0.317. The average molecular weight is 324 g/mol. The van der Waals surface area contributed by atoms with Crippen molar-refractivity contribution >= 4 is 26.0 Å². The number of sulfonamides is 1. The molecule has 1 aromatic rings. The minimum absolute atomic E-state index is 0.0907. The van der Waals surface area contributed by atoms with Crippen LogP contribution in [0.15, 0.2) is 9.63 Å². The van der Waals surface area contributed by atoms with Crippen molar-refractivity contribution in [1.82, 2.24) is 19.3 Å². The van der Waals surface area contributed by atoms with Gasteiger partial charge in [-0.2, -0.15) is 4.31 Å². The van der Waals surface area contributed by atoms with Crippen LogP contribution in [0, 0.1) is 0 Å². The molecule has 0 aromatic carbocycles. The van der Waals surface area contributed by atoms with Gasteiger partial charge in [0.2, 0.25) is 5.03 Å². The Hall–Kier alpha value is -0.510. The van der Waals surface area contributed by atoms with Crippen LogP contribution >= 0.6 is 15.9 Å². The molecule has 1 fully saturated rings. The molecule has 0 saturated carbocycles. The van der Waals surface area contributed by atoms with Crippen molar-refractivity contribution in [2.24, 2.45) is 12.8 Å². The molecule has 0 bridgehead atoms. The van der Waals surface area contributed by atoms with Crippen LogP contribution in [0.4, 0.5) is 0 Å². The Bertz CT molecular complexity index is 486. The minimum atomic E-state index is -3.53. The van der Waals surface area contributed by atoms with Gasteiger partial charge in [0.05, 0.1) is 0 Å². The van der Waals surface area contributed by atoms with E-state index in [0.717, 1.165) is 0 Å². The Morgan fingerprint density at radius 2 is 2.00 bits per heavy atom. The SMILES string of the molecule is Cn1nnc(Br)c1S(=O)(=O)N1CCC(N)CC1. The summed E-state index contributed by atoms with van der Waals surface area (Å²) in [5.41, 5.74) is 5.76. The van der Waals surface area contributed by atoms with E-state index in [1.165, 1.54) is 8.99 Å². The van der Waals surface area contributed by atoms with Gasteiger partial charge in [0.25, 0.3) is 10.0 Å². The molecule has 0 radical (unpaired) electrons. The maximum absolute atomic E-state index is 12.4. The molecule has 1 aliphatic heterocycles. The van der Waals surface area contributed by atoms with E-state index in [9.17, 15) is 8.42 Å². The molecule has 1 saturated heterocycles. The van der Waals surface area contributed by atoms with Crippen molar-refractivity contribution in [1.29, 1.82) is 0 Å². The van der Waals surface area contributed by atoms with Gasteiger partial charge in [0.1, 0.15) is 0 Å². The number of rotatable bonds is 2. The van der Waals surface area contributed by atoms with Crippen molar-refractivity contribution in [3.05, 3.63) is 4.60 Å². The molecule has 2 heterocycles. The summed E-state index contributed by atoms with van der Waals surface area (Å²) in [6.07, 6.45) is 1.37. The van der Waals surface area contributed by atoms with Crippen molar-refractivity contribution in [2.75, 3.05) is 13.1 Å². The topological polar surface area (TPSA) is 94.1 Å². The number of hydrogen-bond acceptors (Lipinski definition) is 5. The zero-order valence-electron chi connectivity index (χ0n) is 9.37. The van der Waals surface area contributed by atoms with Crippen molar-refractivity contribution in [3.63, 3.8) is 0 Å². The first-order valence-corrected chi connectivity index (χ1v) is 7.47. The van der Waals surface area contributed by atoms with Gasteiger partial charge in [-0.1, -0.05) is 5.21 Å². The molecular formula is C8H14BrN5O2S. The maximum Gasteiger partial charge on any atom is 0.263 e. The second kappa shape index (κ2) is 4.63. The Morgan fingerprint density at radius 3 is 2.47 bits per heavy atom. The van der Waals surface area contributed by atoms with Crippen molar-refractivity contribution < 1.29 is 8.42 Å². The summed E-state index contributed by atoms with van der Waals surface area (Å²) in [5, 5.41) is 7.46. The van der Waals surface area contributed by atoms with Crippen LogP contribution < -0.4 is 5.73 Å². The van der Waals surface area contributed by atoms with E-state index >= 15 is 0 Å². The zero-order chi connectivity index (χ0) is 12.6. The Balaban J connectivity index is 2.31. The van der Waals surface area contributed by atoms with Crippen LogP contribution in [-0.2, 0) is 17.1 Å². The molecule has 9 heteroatoms. The quantitative estimate of drug-likeness (QED) is 0.805. The van der Waals surface area contributed by atoms with Gasteiger partial charge in [0, 0.05) is 26.2 Å². The van der Waals surface area contributed by atoms with E-state index in [-0.39, 0.29) is 15.7 Å². The second-order valence-electron chi connectivity index (χ2n) is 4.05. The number of hydrogen-bond donors (Lipinski definition) is 1. The van der Waals surface area contributed by atoms with E-state index in [0.29, 0.717) is 25.9 Å². The largest absolute Gasteiger partial charge is 0.328 e. The van der Waals surface area contributed by atoms with E-state index in [1.54, 1.807) is 7.05 Å². The fourth-order valence-electron chi connectivity index (χ4n) is 1.84. The number of piperidine rings is 1. The van der Waals surface area contributed by atoms with Crippen molar-refractivity contribution in [2.45, 2.75) is 23.9 Å². The lowest BCUT2D eigenvalue weighted by Crippen LogP contribution is -2.43. The standard InChI is InChI=1S/C8H14BrN5O2S/c1-13-8(7(9)11-12-13)17(15,16)14-4-2-6(10)3-5-14/h6H,2-5,10H2,1H3. The molecule has 1 aromatic heterocycles. The monoisotopic (exact) mass is 323 g/mol. The molecular weight excluding hydrogens is 310 g/mol. The first-order chi connectivity index (χ1) is 7.93. The summed E-state index contributed by atoms with van der Waals surface area (Å²) < 4.78 is 27.6. The summed E-state index contributed by atoms with van der Waals surface area (Å²) in [6.45, 7) is 0.891. The molecule has 0 atom stereocenters. The third-order valence-corrected chi connectivity index (χ3v) is 5.61. The van der Waals surface area contributed by atoms with E-state index in [1.807, 2.05) is 0 Å². The molecule has 0 aliphatic carbocycles. The van der Waals surface area contributed by atoms with Gasteiger partial charge in [-0.3, -0.25) is 0 Å². The molecule has 0 unspecified atom stereocenters. The highest BCUT2D eigenvalue weighted by Gasteiger charge is 2.33.